The van der Waals surface area contributed by atoms with Crippen LogP contribution in [0.25, 0.3) is 0 Å². The molecule has 0 aromatic rings. The molecule has 12 heavy (non-hydrogen) atoms. The molecule has 0 N–H and O–H groups in total. The van der Waals surface area contributed by atoms with E-state index in [9.17, 15) is 0 Å². The molecule has 3 heteroatoms. The van der Waals surface area contributed by atoms with Crippen LogP contribution in [0.1, 0.15) is 41.5 Å². The minimum absolute atomic E-state index is 0.101. The highest BCUT2D eigenvalue weighted by Gasteiger charge is 2.29. The molecule has 0 fully saturated rings. The Kier molecular flexibility index (Phi) is 4.47. The molecule has 5 radical (unpaired) electrons. The molecule has 0 aliphatic heterocycles. The van der Waals surface area contributed by atoms with Gasteiger partial charge in [-0.25, -0.2) is 0 Å². The highest BCUT2D eigenvalue weighted by atomic mass is 29.6. The molecular formula is C9H21Si3. The number of hydrogen-bond donors (Lipinski definition) is 0. The van der Waals surface area contributed by atoms with E-state index in [4.69, 9.17) is 0 Å². The highest BCUT2D eigenvalue weighted by molar-refractivity contribution is 7.41. The Morgan fingerprint density at radius 1 is 0.917 bits per heavy atom. The van der Waals surface area contributed by atoms with Gasteiger partial charge in [0.05, 0.1) is 0 Å². The molecule has 0 rings (SSSR count). The molecule has 0 spiro atoms. The summed E-state index contributed by atoms with van der Waals surface area (Å²) in [6.45, 7) is 16.8. The summed E-state index contributed by atoms with van der Waals surface area (Å²) in [6, 6.07) is 0. The maximum Gasteiger partial charge on any atom is 0.0301 e. The molecule has 69 valence electrons. The fourth-order valence-corrected chi connectivity index (χ4v) is 13.5. The van der Waals surface area contributed by atoms with Crippen molar-refractivity contribution in [1.29, 1.82) is 0 Å². The van der Waals surface area contributed by atoms with Gasteiger partial charge < -0.3 is 0 Å². The Bertz CT molecular complexity index is 130. The summed E-state index contributed by atoms with van der Waals surface area (Å²) in [5, 5.41) is 1.16. The normalized spacial score (nSPS) is 14.0. The summed E-state index contributed by atoms with van der Waals surface area (Å²) < 4.78 is 0. The van der Waals surface area contributed by atoms with E-state index in [0.717, 1.165) is 0 Å². The Balaban J connectivity index is 4.20. The van der Waals surface area contributed by atoms with Crippen molar-refractivity contribution in [2.45, 2.75) is 58.2 Å². The molecule has 0 heterocycles. The van der Waals surface area contributed by atoms with Gasteiger partial charge in [0.15, 0.2) is 0 Å². The van der Waals surface area contributed by atoms with Crippen LogP contribution < -0.4 is 0 Å². The van der Waals surface area contributed by atoms with Gasteiger partial charge in [0.25, 0.3) is 0 Å². The maximum atomic E-state index is 2.41. The topological polar surface area (TPSA) is 0 Å². The molecule has 0 aromatic heterocycles. The Labute approximate surface area is 84.4 Å². The monoisotopic (exact) mass is 213 g/mol. The second kappa shape index (κ2) is 4.24. The third kappa shape index (κ3) is 5.32. The predicted octanol–water partition coefficient (Wildman–Crippen LogP) is 2.95. The minimum Gasteiger partial charge on any atom is -0.0758 e. The molecule has 0 nitrogen and oxygen atoms in total. The molecule has 0 amide bonds. The predicted molar refractivity (Wildman–Crippen MR) is 62.6 cm³/mol. The van der Waals surface area contributed by atoms with Crippen molar-refractivity contribution in [2.24, 2.45) is 0 Å². The van der Waals surface area contributed by atoms with Crippen molar-refractivity contribution >= 4 is 25.9 Å². The summed E-state index contributed by atoms with van der Waals surface area (Å²) in [6.07, 6.45) is 0. The van der Waals surface area contributed by atoms with E-state index in [1.165, 1.54) is 18.1 Å². The minimum atomic E-state index is -0.101. The molecule has 0 unspecified atom stereocenters. The van der Waals surface area contributed by atoms with Gasteiger partial charge in [-0.05, 0) is 10.1 Å². The zero-order valence-electron chi connectivity index (χ0n) is 9.50. The van der Waals surface area contributed by atoms with Gasteiger partial charge in [-0.15, -0.1) is 0 Å². The van der Waals surface area contributed by atoms with Crippen molar-refractivity contribution in [2.75, 3.05) is 0 Å². The van der Waals surface area contributed by atoms with Crippen LogP contribution in [0.15, 0.2) is 0 Å². The first-order chi connectivity index (χ1) is 5.17. The van der Waals surface area contributed by atoms with Gasteiger partial charge in [0, 0.05) is 25.9 Å². The van der Waals surface area contributed by atoms with Crippen molar-refractivity contribution in [1.82, 2.24) is 0 Å². The fourth-order valence-electron chi connectivity index (χ4n) is 1.00. The number of hydrogen-bond acceptors (Lipinski definition) is 0. The van der Waals surface area contributed by atoms with Gasteiger partial charge in [-0.1, -0.05) is 48.1 Å². The van der Waals surface area contributed by atoms with E-state index in [1.54, 1.807) is 0 Å². The van der Waals surface area contributed by atoms with E-state index in [-0.39, 0.29) is 7.83 Å². The second-order valence-corrected chi connectivity index (χ2v) is 16.5. The van der Waals surface area contributed by atoms with Gasteiger partial charge in [0.1, 0.15) is 0 Å². The lowest BCUT2D eigenvalue weighted by atomic mass is 10.2. The molecule has 0 aromatic carbocycles. The van der Waals surface area contributed by atoms with Crippen LogP contribution in [0.4, 0.5) is 0 Å². The largest absolute Gasteiger partial charge is 0.0758 e. The van der Waals surface area contributed by atoms with Crippen molar-refractivity contribution in [3.8, 4) is 0 Å². The third-order valence-corrected chi connectivity index (χ3v) is 16.9. The molecule has 0 saturated carbocycles. The first-order valence-electron chi connectivity index (χ1n) is 4.50. The van der Waals surface area contributed by atoms with Crippen LogP contribution in [0.2, 0.25) is 16.6 Å². The first kappa shape index (κ1) is 12.7. The average Bonchev–Trinajstić information content (AvgIpc) is 1.78. The zero-order valence-corrected chi connectivity index (χ0v) is 12.5. The lowest BCUT2D eigenvalue weighted by Crippen LogP contribution is -2.41. The van der Waals surface area contributed by atoms with Gasteiger partial charge in [0.2, 0.25) is 0 Å². The van der Waals surface area contributed by atoms with Crippen LogP contribution in [-0.4, -0.2) is 25.9 Å². The van der Waals surface area contributed by atoms with Gasteiger partial charge >= 0.3 is 0 Å². The number of rotatable bonds is 2. The lowest BCUT2D eigenvalue weighted by molar-refractivity contribution is 0.738. The lowest BCUT2D eigenvalue weighted by Gasteiger charge is -2.32. The maximum absolute atomic E-state index is 2.41. The molecule has 0 saturated heterocycles. The second-order valence-electron chi connectivity index (χ2n) is 5.25. The quantitative estimate of drug-likeness (QED) is 0.619. The van der Waals surface area contributed by atoms with Crippen LogP contribution in [0, 0.1) is 0 Å². The molecule has 0 aliphatic carbocycles. The molecular weight excluding hydrogens is 192 g/mol. The van der Waals surface area contributed by atoms with E-state index in [0.29, 0.717) is 10.1 Å². The summed E-state index contributed by atoms with van der Waals surface area (Å²) in [4.78, 5) is 0. The SMILES string of the molecule is C[Si][Si]([Si]C(C)(C)C)C(C)(C)C. The summed E-state index contributed by atoms with van der Waals surface area (Å²) in [5.41, 5.74) is 0. The molecule has 0 atom stereocenters. The van der Waals surface area contributed by atoms with Crippen molar-refractivity contribution in [3.63, 3.8) is 0 Å². The first-order valence-corrected chi connectivity index (χ1v) is 10.5. The van der Waals surface area contributed by atoms with E-state index < -0.39 is 0 Å². The van der Waals surface area contributed by atoms with Crippen LogP contribution in [0.3, 0.4) is 0 Å². The van der Waals surface area contributed by atoms with E-state index >= 15 is 0 Å². The van der Waals surface area contributed by atoms with Gasteiger partial charge in [-0.3, -0.25) is 0 Å². The highest BCUT2D eigenvalue weighted by Crippen LogP contribution is 2.31. The molecule has 0 bridgehead atoms. The van der Waals surface area contributed by atoms with E-state index in [1.807, 2.05) is 0 Å². The molecule has 0 aliphatic rings. The zero-order chi connectivity index (χ0) is 9.99. The summed E-state index contributed by atoms with van der Waals surface area (Å²) >= 11 is 0. The summed E-state index contributed by atoms with van der Waals surface area (Å²) in [7, 11) is 2.29. The van der Waals surface area contributed by atoms with Crippen molar-refractivity contribution < 1.29 is 0 Å². The van der Waals surface area contributed by atoms with Crippen LogP contribution in [-0.2, 0) is 0 Å². The Hall–Kier alpha value is 0.651. The van der Waals surface area contributed by atoms with Gasteiger partial charge in [-0.2, -0.15) is 0 Å². The Morgan fingerprint density at radius 2 is 1.33 bits per heavy atom. The third-order valence-electron chi connectivity index (χ3n) is 1.50. The van der Waals surface area contributed by atoms with Crippen LogP contribution in [0.5, 0.6) is 0 Å². The van der Waals surface area contributed by atoms with Crippen molar-refractivity contribution in [3.05, 3.63) is 0 Å². The smallest absolute Gasteiger partial charge is 0.0301 e. The Morgan fingerprint density at radius 3 is 1.42 bits per heavy atom. The van der Waals surface area contributed by atoms with E-state index in [2.05, 4.69) is 48.1 Å². The van der Waals surface area contributed by atoms with Crippen LogP contribution >= 0.6 is 0 Å². The average molecular weight is 214 g/mol. The standard InChI is InChI=1S/C9H21Si3/c1-8(2,3)11-12(10-7)9(4,5)6/h1-7H3. The summed E-state index contributed by atoms with van der Waals surface area (Å²) in [5.74, 6) is 0. The fraction of sp³-hybridized carbons (Fsp3) is 1.00.